The zero-order chi connectivity index (χ0) is 17.9. The Labute approximate surface area is 141 Å². The molecule has 0 spiro atoms. The van der Waals surface area contributed by atoms with Gasteiger partial charge >= 0.3 is 11.6 Å². The van der Waals surface area contributed by atoms with Crippen LogP contribution < -0.4 is 10.9 Å². The predicted molar refractivity (Wildman–Crippen MR) is 84.8 cm³/mol. The summed E-state index contributed by atoms with van der Waals surface area (Å²) in [5.74, 6) is -2.14. The van der Waals surface area contributed by atoms with Crippen molar-refractivity contribution in [1.82, 2.24) is 0 Å². The fraction of sp³-hybridized carbons (Fsp3) is 0.188. The van der Waals surface area contributed by atoms with Crippen LogP contribution in [0.15, 0.2) is 33.5 Å². The molecular formula is C16H13ClFNO5. The molecule has 0 unspecified atom stereocenters. The molecule has 0 saturated carbocycles. The van der Waals surface area contributed by atoms with Crippen LogP contribution in [-0.2, 0) is 9.53 Å². The van der Waals surface area contributed by atoms with Gasteiger partial charge in [-0.1, -0.05) is 11.6 Å². The molecule has 1 amide bonds. The van der Waals surface area contributed by atoms with E-state index in [9.17, 15) is 18.8 Å². The highest BCUT2D eigenvalue weighted by atomic mass is 35.5. The normalized spacial score (nSPS) is 10.3. The van der Waals surface area contributed by atoms with E-state index in [2.05, 4.69) is 5.32 Å². The van der Waals surface area contributed by atoms with Gasteiger partial charge in [0, 0.05) is 11.1 Å². The van der Waals surface area contributed by atoms with Gasteiger partial charge in [-0.05, 0) is 37.6 Å². The molecule has 1 N–H and O–H groups in total. The first kappa shape index (κ1) is 17.7. The molecule has 0 aliphatic heterocycles. The maximum atomic E-state index is 13.5. The second-order valence-corrected chi connectivity index (χ2v) is 5.36. The van der Waals surface area contributed by atoms with Gasteiger partial charge in [-0.3, -0.25) is 4.79 Å². The highest BCUT2D eigenvalue weighted by molar-refractivity contribution is 6.30. The molecule has 0 saturated heterocycles. The molecular weight excluding hydrogens is 341 g/mol. The molecule has 2 aromatic rings. The van der Waals surface area contributed by atoms with Crippen LogP contribution in [0.2, 0.25) is 5.02 Å². The Bertz CT molecular complexity index is 836. The van der Waals surface area contributed by atoms with E-state index in [1.165, 1.54) is 19.1 Å². The lowest BCUT2D eigenvalue weighted by Crippen LogP contribution is -2.22. The van der Waals surface area contributed by atoms with Gasteiger partial charge < -0.3 is 14.5 Å². The fourth-order valence-electron chi connectivity index (χ4n) is 2.05. The summed E-state index contributed by atoms with van der Waals surface area (Å²) in [7, 11) is 0. The predicted octanol–water partition coefficient (Wildman–Crippen LogP) is 2.84. The molecule has 6 nitrogen and oxygen atoms in total. The van der Waals surface area contributed by atoms with Crippen molar-refractivity contribution in [2.75, 3.05) is 11.9 Å². The number of amides is 1. The maximum absolute atomic E-state index is 13.5. The number of benzene rings is 1. The number of ether oxygens (including phenoxy) is 1. The minimum absolute atomic E-state index is 0.0661. The van der Waals surface area contributed by atoms with Crippen molar-refractivity contribution in [3.8, 4) is 0 Å². The number of hydrogen-bond acceptors (Lipinski definition) is 5. The van der Waals surface area contributed by atoms with E-state index in [1.807, 2.05) is 0 Å². The number of carbonyl (C=O) groups is 2. The van der Waals surface area contributed by atoms with Crippen molar-refractivity contribution in [3.63, 3.8) is 0 Å². The van der Waals surface area contributed by atoms with Crippen LogP contribution in [0, 0.1) is 19.7 Å². The Balaban J connectivity index is 2.03. The first-order valence-corrected chi connectivity index (χ1v) is 7.19. The monoisotopic (exact) mass is 353 g/mol. The first-order valence-electron chi connectivity index (χ1n) is 6.81. The molecule has 8 heteroatoms. The smallest absolute Gasteiger partial charge is 0.342 e. The lowest BCUT2D eigenvalue weighted by molar-refractivity contribution is -0.119. The Morgan fingerprint density at radius 2 is 2.00 bits per heavy atom. The second-order valence-electron chi connectivity index (χ2n) is 4.93. The molecule has 2 rings (SSSR count). The number of hydrogen-bond donors (Lipinski definition) is 1. The van der Waals surface area contributed by atoms with E-state index >= 15 is 0 Å². The zero-order valence-corrected chi connectivity index (χ0v) is 13.6. The second kappa shape index (κ2) is 7.27. The summed E-state index contributed by atoms with van der Waals surface area (Å²) in [6, 6.07) is 4.81. The average Bonchev–Trinajstić information content (AvgIpc) is 2.48. The summed E-state index contributed by atoms with van der Waals surface area (Å²) >= 11 is 5.72. The molecule has 0 fully saturated rings. The van der Waals surface area contributed by atoms with Crippen LogP contribution in [-0.4, -0.2) is 18.5 Å². The minimum atomic E-state index is -0.824. The van der Waals surface area contributed by atoms with Gasteiger partial charge in [-0.25, -0.2) is 14.0 Å². The molecule has 1 aromatic heterocycles. The number of halogens is 2. The van der Waals surface area contributed by atoms with Gasteiger partial charge in [-0.15, -0.1) is 0 Å². The van der Waals surface area contributed by atoms with Crippen LogP contribution in [0.1, 0.15) is 21.7 Å². The average molecular weight is 354 g/mol. The van der Waals surface area contributed by atoms with E-state index in [-0.39, 0.29) is 22.0 Å². The van der Waals surface area contributed by atoms with Crippen molar-refractivity contribution in [2.45, 2.75) is 13.8 Å². The number of esters is 1. The first-order chi connectivity index (χ1) is 11.3. The van der Waals surface area contributed by atoms with Gasteiger partial charge in [0.1, 0.15) is 17.1 Å². The van der Waals surface area contributed by atoms with Crippen molar-refractivity contribution in [1.29, 1.82) is 0 Å². The fourth-order valence-corrected chi connectivity index (χ4v) is 2.22. The third kappa shape index (κ3) is 4.20. The van der Waals surface area contributed by atoms with Crippen molar-refractivity contribution in [3.05, 3.63) is 62.4 Å². The highest BCUT2D eigenvalue weighted by Crippen LogP contribution is 2.19. The minimum Gasteiger partial charge on any atom is -0.452 e. The Hall–Kier alpha value is -2.67. The van der Waals surface area contributed by atoms with Crippen LogP contribution in [0.25, 0.3) is 0 Å². The lowest BCUT2D eigenvalue weighted by atomic mass is 10.1. The van der Waals surface area contributed by atoms with Gasteiger partial charge in [0.05, 0.1) is 5.69 Å². The van der Waals surface area contributed by atoms with E-state index in [4.69, 9.17) is 20.8 Å². The highest BCUT2D eigenvalue weighted by Gasteiger charge is 2.18. The Morgan fingerprint density at radius 1 is 1.29 bits per heavy atom. The van der Waals surface area contributed by atoms with Gasteiger partial charge in [0.2, 0.25) is 0 Å². The van der Waals surface area contributed by atoms with Crippen molar-refractivity contribution < 1.29 is 23.1 Å². The van der Waals surface area contributed by atoms with Gasteiger partial charge in [-0.2, -0.15) is 0 Å². The van der Waals surface area contributed by atoms with E-state index in [0.717, 1.165) is 12.1 Å². The number of nitrogens with one attached hydrogen (secondary N) is 1. The SMILES string of the molecule is Cc1cc(=O)oc(C)c1C(=O)OCC(=O)Nc1cc(Cl)ccc1F. The standard InChI is InChI=1S/C16H13ClFNO5/c1-8-5-14(21)24-9(2)15(8)16(22)23-7-13(20)19-12-6-10(17)3-4-11(12)18/h3-6H,7H2,1-2H3,(H,19,20). The quantitative estimate of drug-likeness (QED) is 0.854. The molecule has 1 heterocycles. The molecule has 0 aliphatic rings. The summed E-state index contributed by atoms with van der Waals surface area (Å²) < 4.78 is 23.2. The summed E-state index contributed by atoms with van der Waals surface area (Å²) in [4.78, 5) is 35.0. The van der Waals surface area contributed by atoms with Gasteiger partial charge in [0.15, 0.2) is 6.61 Å². The molecule has 24 heavy (non-hydrogen) atoms. The third-order valence-electron chi connectivity index (χ3n) is 3.08. The lowest BCUT2D eigenvalue weighted by Gasteiger charge is -2.09. The number of aryl methyl sites for hydroxylation is 2. The molecule has 1 aromatic carbocycles. The molecule has 126 valence electrons. The van der Waals surface area contributed by atoms with Crippen LogP contribution in [0.4, 0.5) is 10.1 Å². The Kier molecular flexibility index (Phi) is 5.35. The molecule has 0 aliphatic carbocycles. The number of rotatable bonds is 4. The van der Waals surface area contributed by atoms with E-state index < -0.39 is 29.9 Å². The maximum Gasteiger partial charge on any atom is 0.342 e. The van der Waals surface area contributed by atoms with E-state index in [0.29, 0.717) is 5.56 Å². The topological polar surface area (TPSA) is 85.6 Å². The number of carbonyl (C=O) groups excluding carboxylic acids is 2. The van der Waals surface area contributed by atoms with Crippen LogP contribution >= 0.6 is 11.6 Å². The zero-order valence-electron chi connectivity index (χ0n) is 12.8. The molecule has 0 atom stereocenters. The molecule has 0 radical (unpaired) electrons. The van der Waals surface area contributed by atoms with Crippen LogP contribution in [0.5, 0.6) is 0 Å². The number of anilines is 1. The van der Waals surface area contributed by atoms with E-state index in [1.54, 1.807) is 6.92 Å². The van der Waals surface area contributed by atoms with Crippen molar-refractivity contribution >= 4 is 29.2 Å². The Morgan fingerprint density at radius 3 is 2.67 bits per heavy atom. The largest absolute Gasteiger partial charge is 0.452 e. The summed E-state index contributed by atoms with van der Waals surface area (Å²) in [6.45, 7) is 2.34. The van der Waals surface area contributed by atoms with Gasteiger partial charge in [0.25, 0.3) is 5.91 Å². The van der Waals surface area contributed by atoms with Crippen molar-refractivity contribution in [2.24, 2.45) is 0 Å². The summed E-state index contributed by atoms with van der Waals surface area (Å²) in [6.07, 6.45) is 0. The van der Waals surface area contributed by atoms with Crippen LogP contribution in [0.3, 0.4) is 0 Å². The molecule has 0 bridgehead atoms. The summed E-state index contributed by atoms with van der Waals surface area (Å²) in [5, 5.41) is 2.49. The summed E-state index contributed by atoms with van der Waals surface area (Å²) in [5.41, 5.74) is -0.274. The third-order valence-corrected chi connectivity index (χ3v) is 3.31.